The van der Waals surface area contributed by atoms with E-state index in [4.69, 9.17) is 11.6 Å². The Bertz CT molecular complexity index is 478. The predicted octanol–water partition coefficient (Wildman–Crippen LogP) is 3.44. The van der Waals surface area contributed by atoms with E-state index >= 15 is 0 Å². The normalized spacial score (nSPS) is 14.9. The van der Waals surface area contributed by atoms with Crippen LogP contribution in [0.2, 0.25) is 5.02 Å². The SMILES string of the molecule is CSCC(NC(=O)c1c(C)cccc1Cl)C1=CC1. The first-order chi connectivity index (χ1) is 8.63. The fourth-order valence-electron chi connectivity index (χ4n) is 1.90. The number of nitrogens with one attached hydrogen (secondary N) is 1. The molecule has 1 N–H and O–H groups in total. The summed E-state index contributed by atoms with van der Waals surface area (Å²) in [6, 6.07) is 5.66. The molecule has 0 aromatic heterocycles. The molecule has 1 amide bonds. The Morgan fingerprint density at radius 1 is 1.56 bits per heavy atom. The van der Waals surface area contributed by atoms with Crippen LogP contribution in [0.3, 0.4) is 0 Å². The van der Waals surface area contributed by atoms with Gasteiger partial charge in [0.15, 0.2) is 0 Å². The van der Waals surface area contributed by atoms with Crippen molar-refractivity contribution in [3.8, 4) is 0 Å². The van der Waals surface area contributed by atoms with Gasteiger partial charge < -0.3 is 5.32 Å². The Morgan fingerprint density at radius 2 is 2.28 bits per heavy atom. The topological polar surface area (TPSA) is 29.1 Å². The Hall–Kier alpha value is -0.930. The number of allylic oxidation sites excluding steroid dienone is 1. The molecule has 18 heavy (non-hydrogen) atoms. The summed E-state index contributed by atoms with van der Waals surface area (Å²) in [5.41, 5.74) is 2.82. The van der Waals surface area contributed by atoms with Crippen molar-refractivity contribution >= 4 is 29.3 Å². The van der Waals surface area contributed by atoms with Crippen LogP contribution in [0.4, 0.5) is 0 Å². The van der Waals surface area contributed by atoms with Crippen molar-refractivity contribution in [3.05, 3.63) is 46.0 Å². The van der Waals surface area contributed by atoms with E-state index in [1.54, 1.807) is 17.8 Å². The van der Waals surface area contributed by atoms with Crippen LogP contribution in [0.15, 0.2) is 29.8 Å². The lowest BCUT2D eigenvalue weighted by atomic mass is 10.1. The van der Waals surface area contributed by atoms with Crippen molar-refractivity contribution in [2.45, 2.75) is 19.4 Å². The second-order valence-electron chi connectivity index (χ2n) is 4.40. The molecule has 1 atom stereocenters. The van der Waals surface area contributed by atoms with Crippen molar-refractivity contribution in [1.82, 2.24) is 5.32 Å². The highest BCUT2D eigenvalue weighted by molar-refractivity contribution is 7.98. The van der Waals surface area contributed by atoms with Crippen LogP contribution in [-0.4, -0.2) is 24.0 Å². The maximum atomic E-state index is 12.3. The predicted molar refractivity (Wildman–Crippen MR) is 78.5 cm³/mol. The summed E-state index contributed by atoms with van der Waals surface area (Å²) >= 11 is 7.83. The van der Waals surface area contributed by atoms with Gasteiger partial charge in [0.1, 0.15) is 0 Å². The van der Waals surface area contributed by atoms with Gasteiger partial charge in [-0.3, -0.25) is 4.79 Å². The van der Waals surface area contributed by atoms with Crippen molar-refractivity contribution in [2.75, 3.05) is 12.0 Å². The maximum Gasteiger partial charge on any atom is 0.253 e. The molecule has 0 heterocycles. The number of hydrogen-bond acceptors (Lipinski definition) is 2. The lowest BCUT2D eigenvalue weighted by Crippen LogP contribution is -2.36. The van der Waals surface area contributed by atoms with Crippen molar-refractivity contribution in [1.29, 1.82) is 0 Å². The van der Waals surface area contributed by atoms with Crippen LogP contribution in [0.25, 0.3) is 0 Å². The molecular weight excluding hydrogens is 266 g/mol. The average molecular weight is 282 g/mol. The summed E-state index contributed by atoms with van der Waals surface area (Å²) in [6.07, 6.45) is 5.22. The molecule has 1 aliphatic carbocycles. The van der Waals surface area contributed by atoms with Gasteiger partial charge in [-0.1, -0.05) is 29.8 Å². The fraction of sp³-hybridized carbons (Fsp3) is 0.357. The molecular formula is C14H16ClNOS. The van der Waals surface area contributed by atoms with E-state index in [2.05, 4.69) is 11.4 Å². The zero-order valence-corrected chi connectivity index (χ0v) is 12.1. The lowest BCUT2D eigenvalue weighted by Gasteiger charge is -2.16. The Morgan fingerprint density at radius 3 is 2.83 bits per heavy atom. The highest BCUT2D eigenvalue weighted by Crippen LogP contribution is 2.26. The summed E-state index contributed by atoms with van der Waals surface area (Å²) < 4.78 is 0. The van der Waals surface area contributed by atoms with E-state index in [0.29, 0.717) is 10.6 Å². The molecule has 1 unspecified atom stereocenters. The highest BCUT2D eigenvalue weighted by Gasteiger charge is 2.23. The number of carbonyl (C=O) groups is 1. The van der Waals surface area contributed by atoms with Gasteiger partial charge in [-0.2, -0.15) is 11.8 Å². The largest absolute Gasteiger partial charge is 0.345 e. The Balaban J connectivity index is 2.13. The van der Waals surface area contributed by atoms with Gasteiger partial charge in [-0.05, 0) is 36.8 Å². The number of amides is 1. The molecule has 4 heteroatoms. The number of carbonyl (C=O) groups excluding carboxylic acids is 1. The van der Waals surface area contributed by atoms with E-state index in [0.717, 1.165) is 17.7 Å². The molecule has 0 spiro atoms. The molecule has 2 nitrogen and oxygen atoms in total. The van der Waals surface area contributed by atoms with Crippen molar-refractivity contribution in [2.24, 2.45) is 0 Å². The number of hydrogen-bond donors (Lipinski definition) is 1. The van der Waals surface area contributed by atoms with Gasteiger partial charge in [0.05, 0.1) is 16.6 Å². The van der Waals surface area contributed by atoms with E-state index < -0.39 is 0 Å². The van der Waals surface area contributed by atoms with Gasteiger partial charge in [0.25, 0.3) is 5.91 Å². The molecule has 0 radical (unpaired) electrons. The highest BCUT2D eigenvalue weighted by atomic mass is 35.5. The second kappa shape index (κ2) is 5.81. The van der Waals surface area contributed by atoms with Crippen molar-refractivity contribution < 1.29 is 4.79 Å². The molecule has 2 rings (SSSR count). The smallest absolute Gasteiger partial charge is 0.253 e. The van der Waals surface area contributed by atoms with Crippen LogP contribution < -0.4 is 5.32 Å². The van der Waals surface area contributed by atoms with Crippen LogP contribution in [0, 0.1) is 6.92 Å². The summed E-state index contributed by atoms with van der Waals surface area (Å²) in [5, 5.41) is 3.58. The number of rotatable bonds is 5. The number of halogens is 1. The summed E-state index contributed by atoms with van der Waals surface area (Å²) in [7, 11) is 0. The van der Waals surface area contributed by atoms with E-state index in [-0.39, 0.29) is 11.9 Å². The summed E-state index contributed by atoms with van der Waals surface area (Å²) in [4.78, 5) is 12.3. The zero-order valence-electron chi connectivity index (χ0n) is 10.5. The number of benzene rings is 1. The van der Waals surface area contributed by atoms with Crippen LogP contribution >= 0.6 is 23.4 Å². The summed E-state index contributed by atoms with van der Waals surface area (Å²) in [6.45, 7) is 1.90. The maximum absolute atomic E-state index is 12.3. The third-order valence-electron chi connectivity index (χ3n) is 2.98. The molecule has 1 aromatic rings. The van der Waals surface area contributed by atoms with Gasteiger partial charge in [0.2, 0.25) is 0 Å². The number of aryl methyl sites for hydroxylation is 1. The molecule has 0 bridgehead atoms. The lowest BCUT2D eigenvalue weighted by molar-refractivity contribution is 0.0946. The van der Waals surface area contributed by atoms with Gasteiger partial charge >= 0.3 is 0 Å². The van der Waals surface area contributed by atoms with E-state index in [1.165, 1.54) is 5.57 Å². The molecule has 1 aromatic carbocycles. The average Bonchev–Trinajstić information content (AvgIpc) is 3.12. The van der Waals surface area contributed by atoms with Crippen LogP contribution in [-0.2, 0) is 0 Å². The van der Waals surface area contributed by atoms with Gasteiger partial charge in [0, 0.05) is 5.75 Å². The minimum Gasteiger partial charge on any atom is -0.345 e. The van der Waals surface area contributed by atoms with Crippen LogP contribution in [0.5, 0.6) is 0 Å². The van der Waals surface area contributed by atoms with Crippen molar-refractivity contribution in [3.63, 3.8) is 0 Å². The molecule has 96 valence electrons. The fourth-order valence-corrected chi connectivity index (χ4v) is 2.84. The molecule has 0 fully saturated rings. The standard InChI is InChI=1S/C14H16ClNOS/c1-9-4-3-5-11(15)13(9)14(17)16-12(8-18-2)10-6-7-10/h3-6,12H,7-8H2,1-2H3,(H,16,17). The number of thioether (sulfide) groups is 1. The Labute approximate surface area is 117 Å². The third-order valence-corrected chi connectivity index (χ3v) is 3.96. The monoisotopic (exact) mass is 281 g/mol. The molecule has 1 aliphatic rings. The third kappa shape index (κ3) is 3.09. The first-order valence-corrected chi connectivity index (χ1v) is 7.64. The Kier molecular flexibility index (Phi) is 4.36. The van der Waals surface area contributed by atoms with E-state index in [9.17, 15) is 4.79 Å². The van der Waals surface area contributed by atoms with Gasteiger partial charge in [-0.25, -0.2) is 0 Å². The molecule has 0 aliphatic heterocycles. The van der Waals surface area contributed by atoms with Gasteiger partial charge in [-0.15, -0.1) is 0 Å². The first-order valence-electron chi connectivity index (χ1n) is 5.87. The second-order valence-corrected chi connectivity index (χ2v) is 5.71. The summed E-state index contributed by atoms with van der Waals surface area (Å²) in [5.74, 6) is 0.825. The van der Waals surface area contributed by atoms with E-state index in [1.807, 2.05) is 25.3 Å². The molecule has 0 saturated heterocycles. The minimum absolute atomic E-state index is 0.0787. The minimum atomic E-state index is -0.0787. The molecule has 0 saturated carbocycles. The van der Waals surface area contributed by atoms with Crippen LogP contribution in [0.1, 0.15) is 22.3 Å². The quantitative estimate of drug-likeness (QED) is 0.838. The first kappa shape index (κ1) is 13.5. The zero-order chi connectivity index (χ0) is 13.1.